The number of hydrogen-bond acceptors (Lipinski definition) is 2. The lowest BCUT2D eigenvalue weighted by molar-refractivity contribution is 0.180. The molecule has 2 rings (SSSR count). The van der Waals surface area contributed by atoms with E-state index in [9.17, 15) is 0 Å². The van der Waals surface area contributed by atoms with Gasteiger partial charge in [-0.2, -0.15) is 0 Å². The fourth-order valence-electron chi connectivity index (χ4n) is 3.40. The van der Waals surface area contributed by atoms with E-state index in [1.54, 1.807) is 0 Å². The third-order valence-corrected chi connectivity index (χ3v) is 4.25. The molecule has 1 heterocycles. The number of hydrogen-bond donors (Lipinski definition) is 1. The summed E-state index contributed by atoms with van der Waals surface area (Å²) in [5.74, 6) is 1.06. The molecule has 1 aliphatic carbocycles. The van der Waals surface area contributed by atoms with Crippen LogP contribution in [0.5, 0.6) is 0 Å². The minimum atomic E-state index is 0.966. The predicted molar refractivity (Wildman–Crippen MR) is 65.1 cm³/mol. The predicted octanol–water partition coefficient (Wildman–Crippen LogP) is 2.25. The Bertz CT molecular complexity index is 181. The molecule has 0 spiro atoms. The molecule has 2 aliphatic rings. The van der Waals surface area contributed by atoms with Gasteiger partial charge in [-0.15, -0.1) is 0 Å². The summed E-state index contributed by atoms with van der Waals surface area (Å²) in [5, 5.41) is 3.23. The van der Waals surface area contributed by atoms with Crippen LogP contribution >= 0.6 is 0 Å². The molecule has 2 nitrogen and oxygen atoms in total. The van der Waals surface area contributed by atoms with Crippen molar-refractivity contribution in [1.29, 1.82) is 0 Å². The Hall–Kier alpha value is -0.0800. The lowest BCUT2D eigenvalue weighted by Gasteiger charge is -2.31. The molecular formula is C13H26N2. The van der Waals surface area contributed by atoms with Crippen molar-refractivity contribution in [3.05, 3.63) is 0 Å². The molecule has 1 saturated carbocycles. The van der Waals surface area contributed by atoms with Crippen LogP contribution in [0.3, 0.4) is 0 Å². The van der Waals surface area contributed by atoms with Gasteiger partial charge in [-0.25, -0.2) is 0 Å². The smallest absolute Gasteiger partial charge is 0.0124 e. The van der Waals surface area contributed by atoms with Crippen molar-refractivity contribution < 1.29 is 0 Å². The molecule has 0 amide bonds. The number of nitrogens with one attached hydrogen (secondary N) is 1. The molecule has 1 saturated heterocycles. The summed E-state index contributed by atoms with van der Waals surface area (Å²) in [5.41, 5.74) is 0. The van der Waals surface area contributed by atoms with Crippen LogP contribution in [0.15, 0.2) is 0 Å². The molecule has 0 aromatic rings. The molecule has 2 heteroatoms. The first-order chi connectivity index (χ1) is 7.42. The fourth-order valence-corrected chi connectivity index (χ4v) is 3.40. The quantitative estimate of drug-likeness (QED) is 0.700. The number of unbranched alkanes of at least 4 members (excludes halogenated alkanes) is 1. The van der Waals surface area contributed by atoms with Crippen molar-refractivity contribution in [3.63, 3.8) is 0 Å². The van der Waals surface area contributed by atoms with Crippen LogP contribution in [0.25, 0.3) is 0 Å². The first kappa shape index (κ1) is 11.4. The van der Waals surface area contributed by atoms with Gasteiger partial charge in [0.25, 0.3) is 0 Å². The first-order valence-corrected chi connectivity index (χ1v) is 6.80. The molecule has 1 aliphatic heterocycles. The minimum absolute atomic E-state index is 0.966. The molecule has 2 atom stereocenters. The van der Waals surface area contributed by atoms with Gasteiger partial charge >= 0.3 is 0 Å². The van der Waals surface area contributed by atoms with E-state index in [1.807, 2.05) is 7.05 Å². The van der Waals surface area contributed by atoms with Gasteiger partial charge in [0.05, 0.1) is 0 Å². The Morgan fingerprint density at radius 3 is 2.87 bits per heavy atom. The molecule has 0 radical (unpaired) electrons. The summed E-state index contributed by atoms with van der Waals surface area (Å²) in [7, 11) is 2.05. The van der Waals surface area contributed by atoms with Crippen molar-refractivity contribution in [2.24, 2.45) is 5.92 Å². The lowest BCUT2D eigenvalue weighted by atomic mass is 9.85. The highest BCUT2D eigenvalue weighted by Gasteiger charge is 2.34. The molecular weight excluding hydrogens is 184 g/mol. The average molecular weight is 210 g/mol. The maximum atomic E-state index is 3.23. The Morgan fingerprint density at radius 2 is 2.00 bits per heavy atom. The second kappa shape index (κ2) is 5.86. The van der Waals surface area contributed by atoms with Crippen molar-refractivity contribution >= 4 is 0 Å². The Morgan fingerprint density at radius 1 is 1.13 bits per heavy atom. The van der Waals surface area contributed by atoms with Gasteiger partial charge < -0.3 is 10.2 Å². The van der Waals surface area contributed by atoms with Crippen LogP contribution in [0.1, 0.15) is 44.9 Å². The Kier molecular flexibility index (Phi) is 4.45. The maximum absolute atomic E-state index is 3.23. The highest BCUT2D eigenvalue weighted by molar-refractivity contribution is 4.89. The van der Waals surface area contributed by atoms with E-state index in [1.165, 1.54) is 64.6 Å². The summed E-state index contributed by atoms with van der Waals surface area (Å²) in [6.07, 6.45) is 10.2. The number of rotatable bonds is 5. The van der Waals surface area contributed by atoms with E-state index < -0.39 is 0 Å². The van der Waals surface area contributed by atoms with Crippen LogP contribution in [-0.2, 0) is 0 Å². The molecule has 0 bridgehead atoms. The Labute approximate surface area is 94.4 Å². The van der Waals surface area contributed by atoms with Crippen molar-refractivity contribution in [3.8, 4) is 0 Å². The maximum Gasteiger partial charge on any atom is 0.0124 e. The highest BCUT2D eigenvalue weighted by atomic mass is 15.2. The molecule has 2 unspecified atom stereocenters. The van der Waals surface area contributed by atoms with Crippen molar-refractivity contribution in [2.45, 2.75) is 51.0 Å². The summed E-state index contributed by atoms with van der Waals surface area (Å²) in [6.45, 7) is 3.92. The van der Waals surface area contributed by atoms with Gasteiger partial charge in [0.1, 0.15) is 0 Å². The summed E-state index contributed by atoms with van der Waals surface area (Å²) >= 11 is 0. The largest absolute Gasteiger partial charge is 0.320 e. The van der Waals surface area contributed by atoms with Crippen molar-refractivity contribution in [1.82, 2.24) is 10.2 Å². The topological polar surface area (TPSA) is 15.3 Å². The monoisotopic (exact) mass is 210 g/mol. The van der Waals surface area contributed by atoms with Crippen LogP contribution in [-0.4, -0.2) is 37.6 Å². The summed E-state index contributed by atoms with van der Waals surface area (Å²) in [4.78, 5) is 2.78. The zero-order valence-corrected chi connectivity index (χ0v) is 10.2. The highest BCUT2D eigenvalue weighted by Crippen LogP contribution is 2.35. The van der Waals surface area contributed by atoms with E-state index in [4.69, 9.17) is 0 Å². The molecule has 0 aromatic carbocycles. The standard InChI is InChI=1S/C13H26N2/c1-14-9-4-5-10-15-11-8-12-6-2-3-7-13(12)15/h12-14H,2-11H2,1H3. The fraction of sp³-hybridized carbons (Fsp3) is 1.00. The second-order valence-corrected chi connectivity index (χ2v) is 5.25. The number of nitrogens with zero attached hydrogens (tertiary/aromatic N) is 1. The van der Waals surface area contributed by atoms with E-state index >= 15 is 0 Å². The summed E-state index contributed by atoms with van der Waals surface area (Å²) in [6, 6.07) is 0.966. The number of fused-ring (bicyclic) bond motifs is 1. The van der Waals surface area contributed by atoms with Crippen LogP contribution in [0.2, 0.25) is 0 Å². The van der Waals surface area contributed by atoms with Gasteiger partial charge in [0.2, 0.25) is 0 Å². The molecule has 1 N–H and O–H groups in total. The van der Waals surface area contributed by atoms with Gasteiger partial charge in [-0.05, 0) is 64.7 Å². The zero-order chi connectivity index (χ0) is 10.5. The van der Waals surface area contributed by atoms with E-state index in [2.05, 4.69) is 10.2 Å². The number of likely N-dealkylation sites (tertiary alicyclic amines) is 1. The first-order valence-electron chi connectivity index (χ1n) is 6.80. The van der Waals surface area contributed by atoms with Crippen LogP contribution in [0, 0.1) is 5.92 Å². The van der Waals surface area contributed by atoms with Crippen LogP contribution < -0.4 is 5.32 Å². The normalized spacial score (nSPS) is 31.8. The van der Waals surface area contributed by atoms with Gasteiger partial charge in [-0.1, -0.05) is 12.8 Å². The molecule has 15 heavy (non-hydrogen) atoms. The summed E-state index contributed by atoms with van der Waals surface area (Å²) < 4.78 is 0. The van der Waals surface area contributed by atoms with Gasteiger partial charge in [-0.3, -0.25) is 0 Å². The van der Waals surface area contributed by atoms with E-state index in [0.29, 0.717) is 0 Å². The van der Waals surface area contributed by atoms with Gasteiger partial charge in [0.15, 0.2) is 0 Å². The van der Waals surface area contributed by atoms with Crippen LogP contribution in [0.4, 0.5) is 0 Å². The molecule has 2 fully saturated rings. The van der Waals surface area contributed by atoms with E-state index in [-0.39, 0.29) is 0 Å². The molecule has 0 aromatic heterocycles. The third-order valence-electron chi connectivity index (χ3n) is 4.25. The lowest BCUT2D eigenvalue weighted by Crippen LogP contribution is -2.35. The minimum Gasteiger partial charge on any atom is -0.320 e. The molecule has 88 valence electrons. The van der Waals surface area contributed by atoms with Crippen molar-refractivity contribution in [2.75, 3.05) is 26.7 Å². The third kappa shape index (κ3) is 2.94. The van der Waals surface area contributed by atoms with E-state index in [0.717, 1.165) is 12.0 Å². The van der Waals surface area contributed by atoms with Gasteiger partial charge in [0, 0.05) is 6.04 Å². The average Bonchev–Trinajstić information content (AvgIpc) is 2.68. The zero-order valence-electron chi connectivity index (χ0n) is 10.2. The SMILES string of the molecule is CNCCCCN1CCC2CCCCC21. The second-order valence-electron chi connectivity index (χ2n) is 5.25. The Balaban J connectivity index is 1.69.